The lowest BCUT2D eigenvalue weighted by Gasteiger charge is -2.25. The molecule has 0 radical (unpaired) electrons. The van der Waals surface area contributed by atoms with E-state index in [9.17, 15) is 9.59 Å². The van der Waals surface area contributed by atoms with Crippen LogP contribution in [0, 0.1) is 5.92 Å². The fourth-order valence-electron chi connectivity index (χ4n) is 2.89. The van der Waals surface area contributed by atoms with E-state index in [2.05, 4.69) is 5.32 Å². The van der Waals surface area contributed by atoms with Crippen molar-refractivity contribution in [2.75, 3.05) is 11.5 Å². The lowest BCUT2D eigenvalue weighted by molar-refractivity contribution is -0.130. The highest BCUT2D eigenvalue weighted by molar-refractivity contribution is 6.30. The first-order valence-electron chi connectivity index (χ1n) is 9.07. The van der Waals surface area contributed by atoms with Crippen molar-refractivity contribution in [3.63, 3.8) is 0 Å². The maximum atomic E-state index is 13.2. The Hall–Kier alpha value is -2.53. The van der Waals surface area contributed by atoms with E-state index in [1.165, 1.54) is 0 Å². The van der Waals surface area contributed by atoms with Crippen LogP contribution in [-0.2, 0) is 16.1 Å². The number of nitrogens with zero attached hydrogens (tertiary/aromatic N) is 1. The quantitative estimate of drug-likeness (QED) is 0.850. The first kappa shape index (κ1) is 19.2. The maximum absolute atomic E-state index is 13.2. The van der Waals surface area contributed by atoms with Crippen LogP contribution >= 0.6 is 11.6 Å². The molecule has 0 spiro atoms. The van der Waals surface area contributed by atoms with Gasteiger partial charge in [0.05, 0.1) is 12.2 Å². The van der Waals surface area contributed by atoms with E-state index in [0.29, 0.717) is 29.4 Å². The van der Waals surface area contributed by atoms with Crippen molar-refractivity contribution in [2.45, 2.75) is 32.9 Å². The summed E-state index contributed by atoms with van der Waals surface area (Å²) in [7, 11) is 0. The fraction of sp³-hybridized carbons (Fsp3) is 0.333. The van der Waals surface area contributed by atoms with E-state index in [0.717, 1.165) is 5.56 Å². The number of hydrogen-bond donors (Lipinski definition) is 1. The summed E-state index contributed by atoms with van der Waals surface area (Å²) < 4.78 is 5.83. The summed E-state index contributed by atoms with van der Waals surface area (Å²) in [6.45, 7) is 4.26. The van der Waals surface area contributed by atoms with Gasteiger partial charge in [-0.15, -0.1) is 0 Å². The highest BCUT2D eigenvalue weighted by Gasteiger charge is 2.33. The molecule has 27 heavy (non-hydrogen) atoms. The van der Waals surface area contributed by atoms with Gasteiger partial charge in [0.25, 0.3) is 5.91 Å². The normalized spacial score (nSPS) is 17.5. The van der Waals surface area contributed by atoms with Gasteiger partial charge < -0.3 is 15.0 Å². The summed E-state index contributed by atoms with van der Waals surface area (Å²) >= 11 is 5.97. The Morgan fingerprint density at radius 1 is 1.26 bits per heavy atom. The van der Waals surface area contributed by atoms with Gasteiger partial charge in [-0.25, -0.2) is 0 Å². The molecule has 1 heterocycles. The molecule has 2 amide bonds. The third kappa shape index (κ3) is 4.42. The Morgan fingerprint density at radius 3 is 2.67 bits per heavy atom. The van der Waals surface area contributed by atoms with Crippen molar-refractivity contribution in [1.82, 2.24) is 5.32 Å². The van der Waals surface area contributed by atoms with Crippen LogP contribution in [0.2, 0.25) is 5.02 Å². The number of anilines is 1. The third-order valence-electron chi connectivity index (χ3n) is 4.76. The molecule has 3 rings (SSSR count). The minimum Gasteiger partial charge on any atom is -0.489 e. The largest absolute Gasteiger partial charge is 0.489 e. The standard InChI is InChI=1S/C21H23ClN2O3/c1-3-14(2)20(25)23-17-13-27-19-7-5-4-6-18(19)24(21(17)26)12-15-8-10-16(22)11-9-15/h4-11,14,17H,3,12-13H2,1-2H3,(H,23,25)/t14-,17+/m1/s1. The van der Waals surface area contributed by atoms with Crippen LogP contribution in [0.15, 0.2) is 48.5 Å². The number of amides is 2. The van der Waals surface area contributed by atoms with Crippen molar-refractivity contribution in [2.24, 2.45) is 5.92 Å². The van der Waals surface area contributed by atoms with Crippen molar-refractivity contribution < 1.29 is 14.3 Å². The summed E-state index contributed by atoms with van der Waals surface area (Å²) in [6, 6.07) is 14.0. The summed E-state index contributed by atoms with van der Waals surface area (Å²) in [5, 5.41) is 3.48. The van der Waals surface area contributed by atoms with Gasteiger partial charge in [-0.05, 0) is 36.2 Å². The number of benzene rings is 2. The van der Waals surface area contributed by atoms with Gasteiger partial charge in [0.15, 0.2) is 0 Å². The van der Waals surface area contributed by atoms with Gasteiger partial charge in [-0.1, -0.05) is 49.7 Å². The van der Waals surface area contributed by atoms with Gasteiger partial charge in [-0.2, -0.15) is 0 Å². The van der Waals surface area contributed by atoms with Gasteiger partial charge in [0, 0.05) is 10.9 Å². The molecule has 5 nitrogen and oxygen atoms in total. The van der Waals surface area contributed by atoms with Crippen LogP contribution in [-0.4, -0.2) is 24.5 Å². The van der Waals surface area contributed by atoms with Crippen molar-refractivity contribution in [3.05, 3.63) is 59.1 Å². The Bertz CT molecular complexity index is 822. The van der Waals surface area contributed by atoms with E-state index in [-0.39, 0.29) is 24.3 Å². The highest BCUT2D eigenvalue weighted by atomic mass is 35.5. The van der Waals surface area contributed by atoms with E-state index in [1.54, 1.807) is 17.0 Å². The number of rotatable bonds is 5. The van der Waals surface area contributed by atoms with E-state index in [4.69, 9.17) is 16.3 Å². The molecule has 2 aromatic rings. The first-order valence-corrected chi connectivity index (χ1v) is 9.45. The van der Waals surface area contributed by atoms with Gasteiger partial charge >= 0.3 is 0 Å². The van der Waals surface area contributed by atoms with Crippen LogP contribution in [0.3, 0.4) is 0 Å². The van der Waals surface area contributed by atoms with Gasteiger partial charge in [-0.3, -0.25) is 9.59 Å². The molecule has 1 N–H and O–H groups in total. The minimum absolute atomic E-state index is 0.106. The second kappa shape index (κ2) is 8.44. The van der Waals surface area contributed by atoms with Crippen LogP contribution < -0.4 is 15.0 Å². The first-order chi connectivity index (χ1) is 13.0. The molecule has 0 aromatic heterocycles. The molecule has 2 aromatic carbocycles. The van der Waals surface area contributed by atoms with Crippen LogP contribution in [0.25, 0.3) is 0 Å². The van der Waals surface area contributed by atoms with Crippen LogP contribution in [0.1, 0.15) is 25.8 Å². The second-order valence-electron chi connectivity index (χ2n) is 6.70. The molecule has 0 unspecified atom stereocenters. The smallest absolute Gasteiger partial charge is 0.253 e. The molecule has 0 bridgehead atoms. The van der Waals surface area contributed by atoms with Crippen LogP contribution in [0.4, 0.5) is 5.69 Å². The number of nitrogens with one attached hydrogen (secondary N) is 1. The third-order valence-corrected chi connectivity index (χ3v) is 5.01. The molecule has 0 saturated carbocycles. The second-order valence-corrected chi connectivity index (χ2v) is 7.14. The molecular weight excluding hydrogens is 364 g/mol. The predicted octanol–water partition coefficient (Wildman–Crippen LogP) is 3.80. The Morgan fingerprint density at radius 2 is 1.96 bits per heavy atom. The monoisotopic (exact) mass is 386 g/mol. The highest BCUT2D eigenvalue weighted by Crippen LogP contribution is 2.32. The lowest BCUT2D eigenvalue weighted by atomic mass is 10.1. The summed E-state index contributed by atoms with van der Waals surface area (Å²) in [5.41, 5.74) is 1.63. The number of ether oxygens (including phenoxy) is 1. The average molecular weight is 387 g/mol. The fourth-order valence-corrected chi connectivity index (χ4v) is 3.02. The molecular formula is C21H23ClN2O3. The summed E-state index contributed by atoms with van der Waals surface area (Å²) in [6.07, 6.45) is 0.711. The lowest BCUT2D eigenvalue weighted by Crippen LogP contribution is -2.51. The molecule has 0 saturated heterocycles. The molecule has 142 valence electrons. The topological polar surface area (TPSA) is 58.6 Å². The number of para-hydroxylation sites is 2. The molecule has 6 heteroatoms. The zero-order valence-corrected chi connectivity index (χ0v) is 16.2. The summed E-state index contributed by atoms with van der Waals surface area (Å²) in [4.78, 5) is 27.2. The minimum atomic E-state index is -0.730. The number of hydrogen-bond acceptors (Lipinski definition) is 3. The number of carbonyl (C=O) groups excluding carboxylic acids is 2. The van der Waals surface area contributed by atoms with E-state index < -0.39 is 6.04 Å². The maximum Gasteiger partial charge on any atom is 0.253 e. The van der Waals surface area contributed by atoms with E-state index in [1.807, 2.05) is 50.2 Å². The van der Waals surface area contributed by atoms with Gasteiger partial charge in [0.2, 0.25) is 5.91 Å². The molecule has 1 aliphatic heterocycles. The van der Waals surface area contributed by atoms with Crippen molar-refractivity contribution in [3.8, 4) is 5.75 Å². The Kier molecular flexibility index (Phi) is 6.01. The van der Waals surface area contributed by atoms with Crippen molar-refractivity contribution in [1.29, 1.82) is 0 Å². The SMILES string of the molecule is CC[C@@H](C)C(=O)N[C@H]1COc2ccccc2N(Cc2ccc(Cl)cc2)C1=O. The number of halogens is 1. The Balaban J connectivity index is 1.89. The average Bonchev–Trinajstić information content (AvgIpc) is 2.81. The number of fused-ring (bicyclic) bond motifs is 1. The summed E-state index contributed by atoms with van der Waals surface area (Å²) in [5.74, 6) is 0.136. The zero-order valence-electron chi connectivity index (χ0n) is 15.4. The predicted molar refractivity (Wildman–Crippen MR) is 106 cm³/mol. The van der Waals surface area contributed by atoms with Gasteiger partial charge in [0.1, 0.15) is 18.4 Å². The number of carbonyl (C=O) groups is 2. The zero-order chi connectivity index (χ0) is 19.4. The molecule has 0 fully saturated rings. The van der Waals surface area contributed by atoms with E-state index >= 15 is 0 Å². The molecule has 1 aliphatic rings. The Labute approximate surface area is 164 Å². The van der Waals surface area contributed by atoms with Crippen molar-refractivity contribution >= 4 is 29.1 Å². The molecule has 2 atom stereocenters. The molecule has 0 aliphatic carbocycles. The van der Waals surface area contributed by atoms with Crippen LogP contribution in [0.5, 0.6) is 5.75 Å².